The fourth-order valence-corrected chi connectivity index (χ4v) is 2.86. The van der Waals surface area contributed by atoms with Gasteiger partial charge in [-0.1, -0.05) is 0 Å². The van der Waals surface area contributed by atoms with E-state index >= 15 is 0 Å². The summed E-state index contributed by atoms with van der Waals surface area (Å²) in [5, 5.41) is 0. The molecule has 8 nitrogen and oxygen atoms in total. The molecule has 0 spiro atoms. The van der Waals surface area contributed by atoms with Crippen molar-refractivity contribution >= 4 is 11.9 Å². The fraction of sp³-hybridized carbons (Fsp3) is 0.667. The predicted octanol–water partition coefficient (Wildman–Crippen LogP) is 3.17. The van der Waals surface area contributed by atoms with Gasteiger partial charge in [0.25, 0.3) is 0 Å². The lowest BCUT2D eigenvalue weighted by molar-refractivity contribution is -0.0200. The van der Waals surface area contributed by atoms with Crippen LogP contribution in [0, 0.1) is 0 Å². The molecule has 0 N–H and O–H groups in total. The summed E-state index contributed by atoms with van der Waals surface area (Å²) in [4.78, 5) is 25.0. The number of hydrogen-bond acceptors (Lipinski definition) is 8. The molecule has 2 aliphatic heterocycles. The minimum Gasteiger partial charge on any atom is -0.456 e. The maximum atomic E-state index is 12.5. The zero-order chi connectivity index (χ0) is 23.2. The van der Waals surface area contributed by atoms with Gasteiger partial charge >= 0.3 is 11.9 Å². The van der Waals surface area contributed by atoms with Crippen LogP contribution in [0.4, 0.5) is 0 Å². The average molecular weight is 451 g/mol. The van der Waals surface area contributed by atoms with Crippen LogP contribution in [0.25, 0.3) is 0 Å². The van der Waals surface area contributed by atoms with E-state index in [4.69, 9.17) is 28.4 Å². The summed E-state index contributed by atoms with van der Waals surface area (Å²) in [5.74, 6) is -0.893. The Kier molecular flexibility index (Phi) is 8.27. The Bertz CT molecular complexity index is 698. The van der Waals surface area contributed by atoms with Gasteiger partial charge in [-0.25, -0.2) is 9.59 Å². The van der Waals surface area contributed by atoms with Crippen LogP contribution in [-0.4, -0.2) is 75.0 Å². The highest BCUT2D eigenvalue weighted by Crippen LogP contribution is 2.21. The molecule has 178 valence electrons. The molecule has 2 unspecified atom stereocenters. The third-order valence-corrected chi connectivity index (χ3v) is 5.20. The molecule has 8 heteroatoms. The van der Waals surface area contributed by atoms with Crippen molar-refractivity contribution in [2.45, 2.75) is 63.9 Å². The molecule has 2 aliphatic rings. The van der Waals surface area contributed by atoms with Crippen molar-refractivity contribution in [1.29, 1.82) is 0 Å². The smallest absolute Gasteiger partial charge is 0.338 e. The van der Waals surface area contributed by atoms with Crippen LogP contribution in [0.5, 0.6) is 0 Å². The summed E-state index contributed by atoms with van der Waals surface area (Å²) in [6.45, 7) is 11.0. The molecular weight excluding hydrogens is 416 g/mol. The molecule has 2 fully saturated rings. The Labute approximate surface area is 189 Å². The predicted molar refractivity (Wildman–Crippen MR) is 116 cm³/mol. The Morgan fingerprint density at radius 1 is 0.781 bits per heavy atom. The summed E-state index contributed by atoms with van der Waals surface area (Å²) >= 11 is 0. The Morgan fingerprint density at radius 3 is 1.44 bits per heavy atom. The minimum absolute atomic E-state index is 0.215. The number of hydrogen-bond donors (Lipinski definition) is 0. The van der Waals surface area contributed by atoms with E-state index in [0.717, 1.165) is 13.2 Å². The van der Waals surface area contributed by atoms with Gasteiger partial charge in [0.05, 0.1) is 50.8 Å². The molecule has 0 aromatic heterocycles. The van der Waals surface area contributed by atoms with Crippen LogP contribution in [-0.2, 0) is 28.4 Å². The lowest BCUT2D eigenvalue weighted by Crippen LogP contribution is -2.30. The van der Waals surface area contributed by atoms with Crippen molar-refractivity contribution in [3.8, 4) is 0 Å². The first-order valence-corrected chi connectivity index (χ1v) is 11.1. The van der Waals surface area contributed by atoms with E-state index < -0.39 is 23.1 Å². The zero-order valence-corrected chi connectivity index (χ0v) is 19.4. The molecule has 2 atom stereocenters. The van der Waals surface area contributed by atoms with Crippen molar-refractivity contribution in [2.24, 2.45) is 0 Å². The molecule has 32 heavy (non-hydrogen) atoms. The molecule has 0 radical (unpaired) electrons. The van der Waals surface area contributed by atoms with Gasteiger partial charge in [0.15, 0.2) is 0 Å². The van der Waals surface area contributed by atoms with Crippen LogP contribution in [0.3, 0.4) is 0 Å². The fourth-order valence-electron chi connectivity index (χ4n) is 2.86. The van der Waals surface area contributed by atoms with E-state index in [-0.39, 0.29) is 12.2 Å². The monoisotopic (exact) mass is 450 g/mol. The topological polar surface area (TPSA) is 96.1 Å². The summed E-state index contributed by atoms with van der Waals surface area (Å²) in [7, 11) is 0. The summed E-state index contributed by atoms with van der Waals surface area (Å²) in [6.07, 6.45) is 1.57. The van der Waals surface area contributed by atoms with Crippen molar-refractivity contribution < 1.29 is 38.0 Å². The summed E-state index contributed by atoms with van der Waals surface area (Å²) in [6, 6.07) is 6.28. The normalized spacial score (nSPS) is 20.0. The molecule has 3 rings (SSSR count). The van der Waals surface area contributed by atoms with E-state index in [2.05, 4.69) is 0 Å². The van der Waals surface area contributed by atoms with Crippen molar-refractivity contribution in [3.05, 3.63) is 35.4 Å². The van der Waals surface area contributed by atoms with Gasteiger partial charge in [0.1, 0.15) is 23.4 Å². The van der Waals surface area contributed by atoms with Gasteiger partial charge in [0, 0.05) is 12.8 Å². The molecule has 0 bridgehead atoms. The molecule has 0 saturated carbocycles. The van der Waals surface area contributed by atoms with E-state index in [0.29, 0.717) is 50.4 Å². The molecule has 1 aromatic carbocycles. The van der Waals surface area contributed by atoms with Gasteiger partial charge in [0.2, 0.25) is 0 Å². The lowest BCUT2D eigenvalue weighted by atomic mass is 10.0. The van der Waals surface area contributed by atoms with Crippen LogP contribution in [0.2, 0.25) is 0 Å². The van der Waals surface area contributed by atoms with E-state index in [1.54, 1.807) is 24.3 Å². The molecule has 2 saturated heterocycles. The number of epoxide rings is 2. The Hall–Kier alpha value is -2.00. The van der Waals surface area contributed by atoms with E-state index in [1.807, 2.05) is 27.7 Å². The number of rotatable bonds is 14. The third kappa shape index (κ3) is 8.86. The molecule has 0 aliphatic carbocycles. The first kappa shape index (κ1) is 24.6. The van der Waals surface area contributed by atoms with Crippen LogP contribution < -0.4 is 0 Å². The number of ether oxygens (including phenoxy) is 6. The highest BCUT2D eigenvalue weighted by molar-refractivity contribution is 5.93. The van der Waals surface area contributed by atoms with Gasteiger partial charge in [-0.05, 0) is 52.0 Å². The number of carbonyl (C=O) groups is 2. The first-order valence-electron chi connectivity index (χ1n) is 11.1. The standard InChI is InChI=1S/C24H34O8/c1-23(2,9-11-27-13-19-15-29-19)31-21(25)17-5-7-18(8-6-17)22(26)32-24(3,4)10-12-28-14-20-16-30-20/h5-8,19-20H,9-16H2,1-4H3. The maximum absolute atomic E-state index is 12.5. The van der Waals surface area contributed by atoms with Gasteiger partial charge < -0.3 is 28.4 Å². The second kappa shape index (κ2) is 10.7. The maximum Gasteiger partial charge on any atom is 0.338 e. The molecular formula is C24H34O8. The van der Waals surface area contributed by atoms with Gasteiger partial charge in [-0.2, -0.15) is 0 Å². The molecule has 0 amide bonds. The Morgan fingerprint density at radius 2 is 1.12 bits per heavy atom. The lowest BCUT2D eigenvalue weighted by Gasteiger charge is -2.25. The average Bonchev–Trinajstić information content (AvgIpc) is 3.63. The van der Waals surface area contributed by atoms with Crippen LogP contribution in [0.15, 0.2) is 24.3 Å². The van der Waals surface area contributed by atoms with E-state index in [9.17, 15) is 9.59 Å². The van der Waals surface area contributed by atoms with Crippen molar-refractivity contribution in [2.75, 3.05) is 39.6 Å². The van der Waals surface area contributed by atoms with Crippen molar-refractivity contribution in [1.82, 2.24) is 0 Å². The van der Waals surface area contributed by atoms with E-state index in [1.165, 1.54) is 0 Å². The summed E-state index contributed by atoms with van der Waals surface area (Å²) in [5.41, 5.74) is -0.595. The van der Waals surface area contributed by atoms with Crippen LogP contribution in [0.1, 0.15) is 61.3 Å². The highest BCUT2D eigenvalue weighted by Gasteiger charge is 2.27. The number of carbonyl (C=O) groups excluding carboxylic acids is 2. The van der Waals surface area contributed by atoms with Crippen molar-refractivity contribution in [3.63, 3.8) is 0 Å². The number of benzene rings is 1. The largest absolute Gasteiger partial charge is 0.456 e. The quantitative estimate of drug-likeness (QED) is 0.242. The zero-order valence-electron chi connectivity index (χ0n) is 19.4. The van der Waals surface area contributed by atoms with Gasteiger partial charge in [-0.15, -0.1) is 0 Å². The summed E-state index contributed by atoms with van der Waals surface area (Å²) < 4.78 is 32.5. The minimum atomic E-state index is -0.670. The van der Waals surface area contributed by atoms with Crippen LogP contribution >= 0.6 is 0 Å². The molecule has 2 heterocycles. The highest BCUT2D eigenvalue weighted by atomic mass is 16.6. The first-order chi connectivity index (χ1) is 15.1. The second-order valence-corrected chi connectivity index (χ2v) is 9.44. The van der Waals surface area contributed by atoms with Gasteiger partial charge in [-0.3, -0.25) is 0 Å². The SMILES string of the molecule is CC(C)(CCOCC1CO1)OC(=O)c1ccc(C(=O)OC(C)(C)CCOCC2CO2)cc1. The Balaban J connectivity index is 1.41. The molecule has 1 aromatic rings. The third-order valence-electron chi connectivity index (χ3n) is 5.20. The number of esters is 2. The second-order valence-electron chi connectivity index (χ2n) is 9.44.